The molecule has 0 unspecified atom stereocenters. The maximum atomic E-state index is 12.6. The Morgan fingerprint density at radius 3 is 2.52 bits per heavy atom. The van der Waals surface area contributed by atoms with Crippen LogP contribution in [0.3, 0.4) is 0 Å². The maximum Gasteiger partial charge on any atom is 0.271 e. The molecule has 3 rings (SSSR count). The average Bonchev–Trinajstić information content (AvgIpc) is 2.75. The number of anilines is 1. The van der Waals surface area contributed by atoms with E-state index >= 15 is 0 Å². The van der Waals surface area contributed by atoms with Gasteiger partial charge in [-0.25, -0.2) is 13.8 Å². The quantitative estimate of drug-likeness (QED) is 0.368. The van der Waals surface area contributed by atoms with Gasteiger partial charge in [0.2, 0.25) is 0 Å². The highest BCUT2D eigenvalue weighted by molar-refractivity contribution is 7.92. The lowest BCUT2D eigenvalue weighted by Gasteiger charge is -2.09. The standard InChI is InChI=1S/C21H18ClN3O5S/c1-30-20-10-5-14(11-19(20)26)13-23-24-21(27)15-3-2-4-18(12-15)31(28,29)25-17-8-6-16(22)7-9-17/h2-13,25-26H,1H3,(H,24,27)/b23-13+. The predicted octanol–water partition coefficient (Wildman–Crippen LogP) is 3.62. The number of phenolic OH excluding ortho intramolecular Hbond substituents is 1. The molecule has 3 aromatic carbocycles. The van der Waals surface area contributed by atoms with E-state index in [-0.39, 0.29) is 16.2 Å². The fraction of sp³-hybridized carbons (Fsp3) is 0.0476. The van der Waals surface area contributed by atoms with Crippen molar-refractivity contribution in [2.45, 2.75) is 4.90 Å². The number of amides is 1. The first-order valence-corrected chi connectivity index (χ1v) is 10.7. The fourth-order valence-electron chi connectivity index (χ4n) is 2.55. The van der Waals surface area contributed by atoms with E-state index in [1.807, 2.05) is 0 Å². The number of rotatable bonds is 7. The Hall–Kier alpha value is -3.56. The number of ether oxygens (including phenoxy) is 1. The van der Waals surface area contributed by atoms with E-state index in [1.54, 1.807) is 24.3 Å². The van der Waals surface area contributed by atoms with Crippen LogP contribution in [-0.2, 0) is 10.0 Å². The number of methoxy groups -OCH3 is 1. The molecule has 0 aromatic heterocycles. The summed E-state index contributed by atoms with van der Waals surface area (Å²) in [5.41, 5.74) is 3.29. The Bertz CT molecular complexity index is 1230. The van der Waals surface area contributed by atoms with Crippen molar-refractivity contribution in [3.8, 4) is 11.5 Å². The normalized spacial score (nSPS) is 11.3. The first-order valence-electron chi connectivity index (χ1n) is 8.87. The van der Waals surface area contributed by atoms with Crippen LogP contribution >= 0.6 is 11.6 Å². The van der Waals surface area contributed by atoms with Crippen molar-refractivity contribution in [2.75, 3.05) is 11.8 Å². The summed E-state index contributed by atoms with van der Waals surface area (Å²) in [6.45, 7) is 0. The molecule has 10 heteroatoms. The zero-order valence-electron chi connectivity index (χ0n) is 16.2. The second-order valence-electron chi connectivity index (χ2n) is 6.27. The molecule has 3 N–H and O–H groups in total. The van der Waals surface area contributed by atoms with E-state index in [1.165, 1.54) is 55.8 Å². The summed E-state index contributed by atoms with van der Waals surface area (Å²) < 4.78 is 32.6. The number of aromatic hydroxyl groups is 1. The van der Waals surface area contributed by atoms with Crippen LogP contribution in [0, 0.1) is 0 Å². The molecule has 0 aliphatic heterocycles. The Morgan fingerprint density at radius 1 is 1.10 bits per heavy atom. The molecule has 0 spiro atoms. The smallest absolute Gasteiger partial charge is 0.271 e. The highest BCUT2D eigenvalue weighted by atomic mass is 35.5. The number of nitrogens with one attached hydrogen (secondary N) is 2. The van der Waals surface area contributed by atoms with Gasteiger partial charge < -0.3 is 9.84 Å². The molecule has 0 bridgehead atoms. The largest absolute Gasteiger partial charge is 0.504 e. The third kappa shape index (κ3) is 5.74. The Balaban J connectivity index is 1.70. The highest BCUT2D eigenvalue weighted by Crippen LogP contribution is 2.25. The molecule has 0 heterocycles. The molecule has 0 aliphatic carbocycles. The minimum Gasteiger partial charge on any atom is -0.504 e. The van der Waals surface area contributed by atoms with Crippen LogP contribution < -0.4 is 14.9 Å². The van der Waals surface area contributed by atoms with Crippen molar-refractivity contribution in [3.05, 3.63) is 82.9 Å². The van der Waals surface area contributed by atoms with Crippen molar-refractivity contribution in [1.82, 2.24) is 5.43 Å². The number of carbonyl (C=O) groups is 1. The second-order valence-corrected chi connectivity index (χ2v) is 8.39. The first-order chi connectivity index (χ1) is 14.8. The first kappa shape index (κ1) is 22.1. The van der Waals surface area contributed by atoms with Crippen LogP contribution in [-0.4, -0.2) is 32.8 Å². The van der Waals surface area contributed by atoms with Crippen LogP contribution in [0.25, 0.3) is 0 Å². The average molecular weight is 460 g/mol. The SMILES string of the molecule is COc1ccc(/C=N/NC(=O)c2cccc(S(=O)(=O)Nc3ccc(Cl)cc3)c2)cc1O. The lowest BCUT2D eigenvalue weighted by atomic mass is 10.2. The van der Waals surface area contributed by atoms with E-state index in [2.05, 4.69) is 15.2 Å². The molecule has 0 atom stereocenters. The number of phenols is 1. The molecule has 31 heavy (non-hydrogen) atoms. The molecule has 8 nitrogen and oxygen atoms in total. The van der Waals surface area contributed by atoms with Crippen LogP contribution in [0.5, 0.6) is 11.5 Å². The third-order valence-electron chi connectivity index (χ3n) is 4.09. The van der Waals surface area contributed by atoms with Crippen molar-refractivity contribution >= 4 is 39.4 Å². The molecule has 3 aromatic rings. The van der Waals surface area contributed by atoms with Gasteiger partial charge in [0, 0.05) is 16.3 Å². The van der Waals surface area contributed by atoms with Crippen molar-refractivity contribution < 1.29 is 23.1 Å². The zero-order chi connectivity index (χ0) is 22.4. The van der Waals surface area contributed by atoms with Gasteiger partial charge in [-0.1, -0.05) is 17.7 Å². The van der Waals surface area contributed by atoms with Crippen molar-refractivity contribution in [1.29, 1.82) is 0 Å². The summed E-state index contributed by atoms with van der Waals surface area (Å²) in [5, 5.41) is 14.1. The van der Waals surface area contributed by atoms with Gasteiger partial charge in [-0.3, -0.25) is 9.52 Å². The number of hydrazone groups is 1. The monoisotopic (exact) mass is 459 g/mol. The van der Waals surface area contributed by atoms with E-state index in [0.717, 1.165) is 0 Å². The van der Waals surface area contributed by atoms with E-state index in [9.17, 15) is 18.3 Å². The highest BCUT2D eigenvalue weighted by Gasteiger charge is 2.16. The number of benzene rings is 3. The van der Waals surface area contributed by atoms with E-state index in [4.69, 9.17) is 16.3 Å². The van der Waals surface area contributed by atoms with Crippen LogP contribution in [0.2, 0.25) is 5.02 Å². The lowest BCUT2D eigenvalue weighted by Crippen LogP contribution is -2.19. The van der Waals surface area contributed by atoms with Gasteiger partial charge in [-0.15, -0.1) is 0 Å². The number of nitrogens with zero attached hydrogens (tertiary/aromatic N) is 1. The van der Waals surface area contributed by atoms with Crippen molar-refractivity contribution in [3.63, 3.8) is 0 Å². The predicted molar refractivity (Wildman–Crippen MR) is 118 cm³/mol. The van der Waals surface area contributed by atoms with Gasteiger partial charge in [-0.2, -0.15) is 5.10 Å². The molecule has 0 saturated carbocycles. The van der Waals surface area contributed by atoms with E-state index < -0.39 is 15.9 Å². The summed E-state index contributed by atoms with van der Waals surface area (Å²) in [6.07, 6.45) is 1.33. The minimum absolute atomic E-state index is 0.0659. The topological polar surface area (TPSA) is 117 Å². The Labute approximate surface area is 184 Å². The number of halogens is 1. The van der Waals surface area contributed by atoms with Crippen LogP contribution in [0.4, 0.5) is 5.69 Å². The summed E-state index contributed by atoms with van der Waals surface area (Å²) in [5.74, 6) is -0.354. The van der Waals surface area contributed by atoms with Gasteiger partial charge in [-0.05, 0) is 66.2 Å². The van der Waals surface area contributed by atoms with Gasteiger partial charge in [0.05, 0.1) is 18.2 Å². The maximum absolute atomic E-state index is 12.6. The number of hydrogen-bond acceptors (Lipinski definition) is 6. The number of carbonyl (C=O) groups excluding carboxylic acids is 1. The molecular weight excluding hydrogens is 442 g/mol. The van der Waals surface area contributed by atoms with Gasteiger partial charge in [0.1, 0.15) is 0 Å². The molecule has 0 aliphatic rings. The molecular formula is C21H18ClN3O5S. The Morgan fingerprint density at radius 2 is 1.84 bits per heavy atom. The van der Waals surface area contributed by atoms with Crippen LogP contribution in [0.1, 0.15) is 15.9 Å². The summed E-state index contributed by atoms with van der Waals surface area (Å²) >= 11 is 5.81. The van der Waals surface area contributed by atoms with E-state index in [0.29, 0.717) is 22.0 Å². The summed E-state index contributed by atoms with van der Waals surface area (Å²) in [7, 11) is -2.48. The van der Waals surface area contributed by atoms with Crippen LogP contribution in [0.15, 0.2) is 76.7 Å². The molecule has 0 radical (unpaired) electrons. The molecule has 1 amide bonds. The second kappa shape index (κ2) is 9.50. The number of hydrogen-bond donors (Lipinski definition) is 3. The molecule has 0 fully saturated rings. The summed E-state index contributed by atoms with van der Waals surface area (Å²) in [4.78, 5) is 12.3. The zero-order valence-corrected chi connectivity index (χ0v) is 17.8. The van der Waals surface area contributed by atoms with Crippen molar-refractivity contribution in [2.24, 2.45) is 5.10 Å². The van der Waals surface area contributed by atoms with Gasteiger partial charge in [0.15, 0.2) is 11.5 Å². The van der Waals surface area contributed by atoms with Gasteiger partial charge >= 0.3 is 0 Å². The summed E-state index contributed by atoms with van der Waals surface area (Å²) in [6, 6.07) is 16.3. The molecule has 0 saturated heterocycles. The van der Waals surface area contributed by atoms with Gasteiger partial charge in [0.25, 0.3) is 15.9 Å². The molecule has 160 valence electrons. The third-order valence-corrected chi connectivity index (χ3v) is 5.72. The minimum atomic E-state index is -3.91. The fourth-order valence-corrected chi connectivity index (χ4v) is 3.78. The Kier molecular flexibility index (Phi) is 6.78. The lowest BCUT2D eigenvalue weighted by molar-refractivity contribution is 0.0955. The number of sulfonamides is 1.